The molecule has 0 bridgehead atoms. The van der Waals surface area contributed by atoms with Crippen LogP contribution >= 0.6 is 24.2 Å². The van der Waals surface area contributed by atoms with Gasteiger partial charge in [-0.1, -0.05) is 0 Å². The summed E-state index contributed by atoms with van der Waals surface area (Å²) < 4.78 is 0. The molecule has 0 atom stereocenters. The van der Waals surface area contributed by atoms with Crippen LogP contribution in [0.25, 0.3) is 0 Å². The molecule has 0 spiro atoms. The van der Waals surface area contributed by atoms with Crippen LogP contribution < -0.4 is 0 Å². The Hall–Kier alpha value is 0.910. The van der Waals surface area contributed by atoms with Crippen LogP contribution in [-0.4, -0.2) is 24.6 Å². The van der Waals surface area contributed by atoms with Crippen LogP contribution in [0.5, 0.6) is 0 Å². The third-order valence-electron chi connectivity index (χ3n) is 3.00. The van der Waals surface area contributed by atoms with Crippen LogP contribution in [0.2, 0.25) is 0 Å². The number of rotatable bonds is 4. The van der Waals surface area contributed by atoms with E-state index in [2.05, 4.69) is 27.7 Å². The molecule has 0 aliphatic rings. The third-order valence-corrected chi connectivity index (χ3v) is 9.00. The Kier molecular flexibility index (Phi) is 8.92. The quantitative estimate of drug-likeness (QED) is 0.648. The summed E-state index contributed by atoms with van der Waals surface area (Å²) in [6.45, 7) is 9.46. The number of halogens is 1. The van der Waals surface area contributed by atoms with Crippen LogP contribution in [0, 0.1) is 0 Å². The first kappa shape index (κ1) is 13.5. The van der Waals surface area contributed by atoms with Crippen molar-refractivity contribution < 1.29 is 0 Å². The second-order valence-corrected chi connectivity index (χ2v) is 8.74. The Morgan fingerprint density at radius 2 is 0.900 bits per heavy atom. The summed E-state index contributed by atoms with van der Waals surface area (Å²) in [7, 11) is -0.691. The fraction of sp³-hybridized carbons (Fsp3) is 1.00. The summed E-state index contributed by atoms with van der Waals surface area (Å²) in [4.78, 5) is 0. The van der Waals surface area contributed by atoms with Crippen LogP contribution in [0.1, 0.15) is 27.7 Å². The van der Waals surface area contributed by atoms with E-state index in [9.17, 15) is 0 Å². The molecule has 0 amide bonds. The van der Waals surface area contributed by atoms with Crippen molar-refractivity contribution >= 4 is 24.2 Å². The maximum absolute atomic E-state index is 2.36. The van der Waals surface area contributed by atoms with Gasteiger partial charge in [0.1, 0.15) is 0 Å². The van der Waals surface area contributed by atoms with Crippen molar-refractivity contribution in [3.63, 3.8) is 0 Å². The Morgan fingerprint density at radius 3 is 0.900 bits per heavy atom. The zero-order valence-electron chi connectivity index (χ0n) is 7.74. The topological polar surface area (TPSA) is 0 Å². The Labute approximate surface area is 76.9 Å². The Bertz CT molecular complexity index is 52.1. The van der Waals surface area contributed by atoms with Gasteiger partial charge in [0.25, 0.3) is 0 Å². The van der Waals surface area contributed by atoms with Crippen LogP contribution in [0.4, 0.5) is 0 Å². The van der Waals surface area contributed by atoms with Gasteiger partial charge in [-0.25, -0.2) is 0 Å². The van der Waals surface area contributed by atoms with E-state index in [-0.39, 0.29) is 17.0 Å². The molecule has 0 saturated carbocycles. The second-order valence-electron chi connectivity index (χ2n) is 2.91. The molecule has 0 aromatic carbocycles. The molecule has 66 valence electrons. The zero-order chi connectivity index (χ0) is 7.33. The van der Waals surface area contributed by atoms with E-state index < -0.39 is 7.26 Å². The van der Waals surface area contributed by atoms with Crippen LogP contribution in [0.15, 0.2) is 0 Å². The predicted molar refractivity (Wildman–Crippen MR) is 60.8 cm³/mol. The van der Waals surface area contributed by atoms with Crippen molar-refractivity contribution in [2.45, 2.75) is 27.7 Å². The molecule has 0 heterocycles. The Balaban J connectivity index is 0. The average molecular weight is 229 g/mol. The summed E-state index contributed by atoms with van der Waals surface area (Å²) in [5.41, 5.74) is 0. The summed E-state index contributed by atoms with van der Waals surface area (Å²) in [5.74, 6) is 0. The van der Waals surface area contributed by atoms with Crippen molar-refractivity contribution in [1.82, 2.24) is 0 Å². The molecule has 0 aliphatic carbocycles. The van der Waals surface area contributed by atoms with Gasteiger partial charge in [-0.2, -0.15) is 0 Å². The van der Waals surface area contributed by atoms with E-state index >= 15 is 0 Å². The van der Waals surface area contributed by atoms with E-state index in [1.54, 1.807) is 0 Å². The van der Waals surface area contributed by atoms with Gasteiger partial charge < -0.3 is 0 Å². The molecule has 0 aliphatic heterocycles. The van der Waals surface area contributed by atoms with Gasteiger partial charge in [0.2, 0.25) is 0 Å². The fourth-order valence-electron chi connectivity index (χ4n) is 1.50. The van der Waals surface area contributed by atoms with Crippen molar-refractivity contribution in [2.24, 2.45) is 0 Å². The summed E-state index contributed by atoms with van der Waals surface area (Å²) in [6.07, 6.45) is 5.93. The van der Waals surface area contributed by atoms with Gasteiger partial charge in [-0.05, 0) is 0 Å². The predicted octanol–water partition coefficient (Wildman–Crippen LogP) is 3.39. The summed E-state index contributed by atoms with van der Waals surface area (Å²) >= 11 is 0. The van der Waals surface area contributed by atoms with E-state index in [0.29, 0.717) is 0 Å². The van der Waals surface area contributed by atoms with Crippen molar-refractivity contribution in [3.8, 4) is 0 Å². The maximum atomic E-state index is 2.36. The molecule has 0 saturated heterocycles. The van der Waals surface area contributed by atoms with Crippen molar-refractivity contribution in [2.75, 3.05) is 24.6 Å². The molecule has 0 N–H and O–H groups in total. The summed E-state index contributed by atoms with van der Waals surface area (Å²) in [5, 5.41) is 0. The Morgan fingerprint density at radius 1 is 0.700 bits per heavy atom. The third kappa shape index (κ3) is 3.34. The van der Waals surface area contributed by atoms with Gasteiger partial charge in [-0.15, -0.1) is 17.0 Å². The van der Waals surface area contributed by atoms with Gasteiger partial charge >= 0.3 is 59.6 Å². The molecule has 0 rings (SSSR count). The minimum absolute atomic E-state index is 0. The zero-order valence-corrected chi connectivity index (χ0v) is 10.4. The van der Waals surface area contributed by atoms with E-state index in [1.165, 1.54) is 24.6 Å². The first-order chi connectivity index (χ1) is 4.24. The molecular weight excluding hydrogens is 207 g/mol. The number of hydrogen-bond acceptors (Lipinski definition) is 0. The van der Waals surface area contributed by atoms with Crippen LogP contribution in [0.3, 0.4) is 0 Å². The van der Waals surface area contributed by atoms with E-state index in [4.69, 9.17) is 0 Å². The van der Waals surface area contributed by atoms with Crippen LogP contribution in [-0.2, 0) is 0 Å². The molecular formula is C8H22BrP. The van der Waals surface area contributed by atoms with E-state index in [0.717, 1.165) is 0 Å². The van der Waals surface area contributed by atoms with Gasteiger partial charge in [0.15, 0.2) is 0 Å². The van der Waals surface area contributed by atoms with E-state index in [1.807, 2.05) is 0 Å². The molecule has 0 aromatic heterocycles. The molecule has 2 heteroatoms. The minimum atomic E-state index is -0.691. The standard InChI is InChI=1S/C8H21P.BrH/c1-5-9(6-2,7-3)8-4;/h9H,5-8H2,1-4H3;1H. The fourth-order valence-corrected chi connectivity index (χ4v) is 4.50. The first-order valence-electron chi connectivity index (χ1n) is 4.24. The molecule has 0 unspecified atom stereocenters. The molecule has 0 aromatic rings. The molecule has 0 radical (unpaired) electrons. The normalized spacial score (nSPS) is 12.4. The molecule has 0 fully saturated rings. The van der Waals surface area contributed by atoms with Crippen molar-refractivity contribution in [1.29, 1.82) is 0 Å². The first-order valence-corrected chi connectivity index (χ1v) is 7.07. The van der Waals surface area contributed by atoms with Crippen molar-refractivity contribution in [3.05, 3.63) is 0 Å². The van der Waals surface area contributed by atoms with Gasteiger partial charge in [-0.3, -0.25) is 0 Å². The summed E-state index contributed by atoms with van der Waals surface area (Å²) in [6, 6.07) is 0. The van der Waals surface area contributed by atoms with Gasteiger partial charge in [0, 0.05) is 0 Å². The molecule has 0 nitrogen and oxygen atoms in total. The van der Waals surface area contributed by atoms with Gasteiger partial charge in [0.05, 0.1) is 0 Å². The number of hydrogen-bond donors (Lipinski definition) is 0. The SMILES string of the molecule is Br.CC[PH](CC)(CC)CC. The monoisotopic (exact) mass is 228 g/mol. The second kappa shape index (κ2) is 6.61. The average Bonchev–Trinajstić information content (AvgIpc) is 1.95. The molecule has 10 heavy (non-hydrogen) atoms.